The minimum atomic E-state index is -0.616. The monoisotopic (exact) mass is 442 g/mol. The number of carbonyl (C=O) groups is 1. The maximum Gasteiger partial charge on any atom is 0.229 e. The molecule has 1 aromatic heterocycles. The Morgan fingerprint density at radius 1 is 1.12 bits per heavy atom. The average molecular weight is 442 g/mol. The molecule has 168 valence electrons. The quantitative estimate of drug-likeness (QED) is 0.622. The van der Waals surface area contributed by atoms with Crippen LogP contribution in [0.2, 0.25) is 0 Å². The van der Waals surface area contributed by atoms with E-state index in [9.17, 15) is 13.6 Å². The Labute approximate surface area is 184 Å². The van der Waals surface area contributed by atoms with E-state index in [0.29, 0.717) is 36.4 Å². The molecule has 3 aromatic rings. The number of halogens is 2. The third-order valence-corrected chi connectivity index (χ3v) is 5.74. The summed E-state index contributed by atoms with van der Waals surface area (Å²) in [7, 11) is 0. The number of aromatic nitrogens is 2. The molecule has 32 heavy (non-hydrogen) atoms. The molecule has 1 saturated heterocycles. The summed E-state index contributed by atoms with van der Waals surface area (Å²) in [6, 6.07) is 10.9. The van der Waals surface area contributed by atoms with Crippen LogP contribution >= 0.6 is 0 Å². The van der Waals surface area contributed by atoms with Crippen molar-refractivity contribution in [1.29, 1.82) is 0 Å². The first-order valence-electron chi connectivity index (χ1n) is 10.5. The van der Waals surface area contributed by atoms with Gasteiger partial charge >= 0.3 is 0 Å². The van der Waals surface area contributed by atoms with Crippen LogP contribution in [0.3, 0.4) is 0 Å². The van der Waals surface area contributed by atoms with Crippen LogP contribution in [0.4, 0.5) is 14.6 Å². The zero-order valence-electron chi connectivity index (χ0n) is 17.6. The van der Waals surface area contributed by atoms with E-state index in [1.165, 1.54) is 12.1 Å². The maximum absolute atomic E-state index is 13.5. The normalized spacial score (nSPS) is 18.5. The topological polar surface area (TPSA) is 94.5 Å². The zero-order chi connectivity index (χ0) is 22.7. The molecule has 1 amide bonds. The fraction of sp³-hybridized carbons (Fsp3) is 0.348. The minimum Gasteiger partial charge on any atom is -0.379 e. The summed E-state index contributed by atoms with van der Waals surface area (Å²) in [6.07, 6.45) is 1.21. The van der Waals surface area contributed by atoms with Crippen molar-refractivity contribution in [3.63, 3.8) is 0 Å². The Balaban J connectivity index is 1.45. The maximum atomic E-state index is 13.5. The molecular weight excluding hydrogens is 418 g/mol. The van der Waals surface area contributed by atoms with E-state index < -0.39 is 11.6 Å². The van der Waals surface area contributed by atoms with Crippen molar-refractivity contribution in [2.75, 3.05) is 18.9 Å². The van der Waals surface area contributed by atoms with E-state index in [1.54, 1.807) is 0 Å². The molecule has 1 aliphatic rings. The third kappa shape index (κ3) is 4.77. The number of hydrogen-bond acceptors (Lipinski definition) is 6. The lowest BCUT2D eigenvalue weighted by molar-refractivity contribution is -0.136. The number of nitrogens with zero attached hydrogens (tertiary/aromatic N) is 3. The molecular formula is C23H24F2N4O3. The van der Waals surface area contributed by atoms with Crippen LogP contribution in [-0.4, -0.2) is 40.3 Å². The second-order valence-electron chi connectivity index (χ2n) is 7.77. The predicted molar refractivity (Wildman–Crippen MR) is 113 cm³/mol. The minimum absolute atomic E-state index is 0.00401. The van der Waals surface area contributed by atoms with Gasteiger partial charge in [0.15, 0.2) is 5.82 Å². The molecule has 0 aliphatic carbocycles. The van der Waals surface area contributed by atoms with Crippen LogP contribution in [0.1, 0.15) is 37.1 Å². The highest BCUT2D eigenvalue weighted by Crippen LogP contribution is 2.32. The van der Waals surface area contributed by atoms with Crippen molar-refractivity contribution in [3.05, 3.63) is 65.4 Å². The van der Waals surface area contributed by atoms with Gasteiger partial charge in [-0.3, -0.25) is 4.79 Å². The highest BCUT2D eigenvalue weighted by Gasteiger charge is 2.31. The van der Waals surface area contributed by atoms with Crippen LogP contribution in [-0.2, 0) is 16.0 Å². The van der Waals surface area contributed by atoms with Crippen molar-refractivity contribution in [2.24, 2.45) is 0 Å². The van der Waals surface area contributed by atoms with E-state index in [4.69, 9.17) is 10.5 Å². The van der Waals surface area contributed by atoms with Crippen molar-refractivity contribution < 1.29 is 22.9 Å². The highest BCUT2D eigenvalue weighted by molar-refractivity contribution is 5.79. The number of nitrogens with two attached hydrogens (primary N) is 1. The van der Waals surface area contributed by atoms with E-state index in [1.807, 2.05) is 36.1 Å². The number of likely N-dealkylation sites (N-methyl/N-ethyl adjacent to an activating group) is 1. The summed E-state index contributed by atoms with van der Waals surface area (Å²) < 4.78 is 37.6. The molecule has 9 heteroatoms. The highest BCUT2D eigenvalue weighted by atomic mass is 19.1. The van der Waals surface area contributed by atoms with Gasteiger partial charge in [-0.25, -0.2) is 13.4 Å². The molecule has 1 fully saturated rings. The zero-order valence-corrected chi connectivity index (χ0v) is 17.6. The molecule has 2 atom stereocenters. The Hall–Kier alpha value is -3.33. The third-order valence-electron chi connectivity index (χ3n) is 5.74. The molecule has 0 saturated carbocycles. The molecule has 0 unspecified atom stereocenters. The summed E-state index contributed by atoms with van der Waals surface area (Å²) in [5, 5.41) is 7.21. The Bertz CT molecular complexity index is 1070. The first-order valence-corrected chi connectivity index (χ1v) is 10.5. The number of anilines is 1. The van der Waals surface area contributed by atoms with Gasteiger partial charge in [0, 0.05) is 25.3 Å². The van der Waals surface area contributed by atoms with Crippen molar-refractivity contribution in [3.8, 4) is 11.1 Å². The summed E-state index contributed by atoms with van der Waals surface area (Å²) in [5.41, 5.74) is 8.15. The molecule has 0 radical (unpaired) electrons. The molecule has 2 heterocycles. The second kappa shape index (κ2) is 9.44. The van der Waals surface area contributed by atoms with E-state index in [-0.39, 0.29) is 30.3 Å². The molecule has 4 rings (SSSR count). The first-order chi connectivity index (χ1) is 15.4. The largest absolute Gasteiger partial charge is 0.379 e. The molecule has 1 aliphatic heterocycles. The van der Waals surface area contributed by atoms with Crippen molar-refractivity contribution >= 4 is 11.7 Å². The number of nitrogen functional groups attached to an aromatic ring is 1. The number of ether oxygens (including phenoxy) is 1. The summed E-state index contributed by atoms with van der Waals surface area (Å²) >= 11 is 0. The molecule has 7 nitrogen and oxygen atoms in total. The van der Waals surface area contributed by atoms with E-state index in [0.717, 1.165) is 18.1 Å². The Morgan fingerprint density at radius 3 is 2.47 bits per heavy atom. The van der Waals surface area contributed by atoms with Gasteiger partial charge in [-0.1, -0.05) is 29.4 Å². The first kappa shape index (κ1) is 21.9. The Kier molecular flexibility index (Phi) is 6.45. The number of rotatable bonds is 6. The predicted octanol–water partition coefficient (Wildman–Crippen LogP) is 3.91. The van der Waals surface area contributed by atoms with Gasteiger partial charge in [-0.15, -0.1) is 0 Å². The fourth-order valence-corrected chi connectivity index (χ4v) is 4.12. The lowest BCUT2D eigenvalue weighted by Crippen LogP contribution is -2.44. The van der Waals surface area contributed by atoms with Gasteiger partial charge in [0.25, 0.3) is 0 Å². The summed E-state index contributed by atoms with van der Waals surface area (Å²) in [6.45, 7) is 2.99. The van der Waals surface area contributed by atoms with E-state index in [2.05, 4.69) is 14.9 Å². The van der Waals surface area contributed by atoms with Crippen molar-refractivity contribution in [1.82, 2.24) is 15.2 Å². The Morgan fingerprint density at radius 2 is 1.84 bits per heavy atom. The standard InChI is InChI=1S/C23H24F2N4O3/c1-2-29(22(30)13-20-23(26)28-32-27-20)19-7-8-31-21(12-19)15-5-3-14(4-6-15)16-9-17(24)11-18(25)10-16/h3-6,9-11,19,21H,2,7-8,12-13H2,1H3,(H2,26,28)/t19-,21+/m0/s1. The number of hydrogen-bond donors (Lipinski definition) is 1. The molecule has 2 aromatic carbocycles. The smallest absolute Gasteiger partial charge is 0.229 e. The molecule has 2 N–H and O–H groups in total. The lowest BCUT2D eigenvalue weighted by atomic mass is 9.94. The fourth-order valence-electron chi connectivity index (χ4n) is 4.12. The second-order valence-corrected chi connectivity index (χ2v) is 7.77. The van der Waals surface area contributed by atoms with Gasteiger partial charge in [-0.2, -0.15) is 0 Å². The van der Waals surface area contributed by atoms with Crippen LogP contribution in [0.25, 0.3) is 11.1 Å². The van der Waals surface area contributed by atoms with Gasteiger partial charge < -0.3 is 15.4 Å². The summed E-state index contributed by atoms with van der Waals surface area (Å²) in [5.74, 6) is -1.20. The summed E-state index contributed by atoms with van der Waals surface area (Å²) in [4.78, 5) is 14.7. The van der Waals surface area contributed by atoms with Gasteiger partial charge in [0.2, 0.25) is 5.91 Å². The lowest BCUT2D eigenvalue weighted by Gasteiger charge is -2.37. The van der Waals surface area contributed by atoms with Crippen LogP contribution in [0.5, 0.6) is 0 Å². The van der Waals surface area contributed by atoms with Crippen molar-refractivity contribution in [2.45, 2.75) is 38.3 Å². The van der Waals surface area contributed by atoms with Gasteiger partial charge in [-0.05, 0) is 53.7 Å². The SMILES string of the molecule is CCN(C(=O)Cc1nonc1N)[C@H]1CCO[C@@H](c2ccc(-c3cc(F)cc(F)c3)cc2)C1. The number of carbonyl (C=O) groups excluding carboxylic acids is 1. The number of benzene rings is 2. The van der Waals surface area contributed by atoms with E-state index >= 15 is 0 Å². The van der Waals surface area contributed by atoms with Gasteiger partial charge in [0.05, 0.1) is 12.5 Å². The number of amides is 1. The van der Waals surface area contributed by atoms with Crippen LogP contribution in [0, 0.1) is 11.6 Å². The van der Waals surface area contributed by atoms with Crippen LogP contribution < -0.4 is 5.73 Å². The van der Waals surface area contributed by atoms with Crippen LogP contribution in [0.15, 0.2) is 47.1 Å². The average Bonchev–Trinajstić information content (AvgIpc) is 3.18. The molecule has 0 spiro atoms. The van der Waals surface area contributed by atoms with Gasteiger partial charge in [0.1, 0.15) is 17.3 Å². The molecule has 0 bridgehead atoms.